The molecule has 0 bridgehead atoms. The molecule has 1 saturated heterocycles. The second-order valence-electron chi connectivity index (χ2n) is 9.04. The number of rotatable bonds is 5. The Bertz CT molecular complexity index is 957. The van der Waals surface area contributed by atoms with Crippen LogP contribution in [0.5, 0.6) is 0 Å². The number of hydrogen-bond acceptors (Lipinski definition) is 4. The highest BCUT2D eigenvalue weighted by Crippen LogP contribution is 2.38. The number of carbonyl (C=O) groups is 2. The maximum Gasteiger partial charge on any atom is 0.295 e. The van der Waals surface area contributed by atoms with Gasteiger partial charge >= 0.3 is 0 Å². The van der Waals surface area contributed by atoms with Gasteiger partial charge < -0.3 is 14.9 Å². The van der Waals surface area contributed by atoms with Crippen molar-refractivity contribution in [1.82, 2.24) is 9.88 Å². The molecular formula is C24H29N3O3. The quantitative estimate of drug-likeness (QED) is 0.451. The van der Waals surface area contributed by atoms with Crippen LogP contribution >= 0.6 is 0 Å². The normalized spacial score (nSPS) is 19.0. The summed E-state index contributed by atoms with van der Waals surface area (Å²) in [6, 6.07) is 10.3. The Labute approximate surface area is 177 Å². The average molecular weight is 408 g/mol. The van der Waals surface area contributed by atoms with Crippen molar-refractivity contribution in [2.45, 2.75) is 32.2 Å². The third kappa shape index (κ3) is 4.28. The molecule has 3 rings (SSSR count). The van der Waals surface area contributed by atoms with Crippen LogP contribution < -0.4 is 10.0 Å². The first kappa shape index (κ1) is 21.7. The van der Waals surface area contributed by atoms with Gasteiger partial charge in [-0.25, -0.2) is 0 Å². The highest BCUT2D eigenvalue weighted by molar-refractivity contribution is 6.46. The summed E-state index contributed by atoms with van der Waals surface area (Å²) in [7, 11) is 3.98. The minimum atomic E-state index is -0.713. The van der Waals surface area contributed by atoms with Gasteiger partial charge in [0.05, 0.1) is 33.2 Å². The summed E-state index contributed by atoms with van der Waals surface area (Å²) in [5.41, 5.74) is 2.27. The molecule has 30 heavy (non-hydrogen) atoms. The number of aromatic nitrogens is 1. The van der Waals surface area contributed by atoms with Crippen molar-refractivity contribution in [3.05, 3.63) is 71.1 Å². The smallest absolute Gasteiger partial charge is 0.295 e. The molecule has 1 unspecified atom stereocenters. The first-order chi connectivity index (χ1) is 14.1. The van der Waals surface area contributed by atoms with E-state index in [1.165, 1.54) is 17.3 Å². The van der Waals surface area contributed by atoms with E-state index in [9.17, 15) is 14.7 Å². The number of carbonyl (C=O) groups excluding carboxylic acids is 2. The van der Waals surface area contributed by atoms with Crippen molar-refractivity contribution < 1.29 is 19.6 Å². The predicted octanol–water partition coefficient (Wildman–Crippen LogP) is 0.748. The summed E-state index contributed by atoms with van der Waals surface area (Å²) in [6.45, 7) is 7.45. The van der Waals surface area contributed by atoms with Crippen LogP contribution in [0.25, 0.3) is 5.76 Å². The van der Waals surface area contributed by atoms with Gasteiger partial charge in [-0.15, -0.1) is 0 Å². The van der Waals surface area contributed by atoms with Crippen LogP contribution in [0.2, 0.25) is 0 Å². The first-order valence-electron chi connectivity index (χ1n) is 10.2. The molecular weight excluding hydrogens is 378 g/mol. The standard InChI is InChI=1S/C24H29N3O3/c1-24(2,3)18-8-6-16(7-9-18)20-19(21(28)17-10-12-25-13-11-17)22(29)23(30)27(20)15-14-26(4)5/h6-13,20,28H,14-15H2,1-5H3. The molecule has 1 amide bonds. The molecule has 1 atom stereocenters. The second kappa shape index (κ2) is 8.40. The topological polar surface area (TPSA) is 77.8 Å². The monoisotopic (exact) mass is 407 g/mol. The summed E-state index contributed by atoms with van der Waals surface area (Å²) in [5, 5.41) is 13.2. The van der Waals surface area contributed by atoms with Gasteiger partial charge in [0.2, 0.25) is 5.78 Å². The molecule has 2 heterocycles. The van der Waals surface area contributed by atoms with E-state index in [1.807, 2.05) is 38.4 Å². The first-order valence-corrected chi connectivity index (χ1v) is 10.2. The Kier molecular flexibility index (Phi) is 6.08. The zero-order valence-corrected chi connectivity index (χ0v) is 18.2. The number of nitrogens with one attached hydrogen (secondary N) is 1. The Hall–Kier alpha value is -2.99. The van der Waals surface area contributed by atoms with E-state index in [1.54, 1.807) is 12.1 Å². The highest BCUT2D eigenvalue weighted by Gasteiger charge is 2.44. The summed E-state index contributed by atoms with van der Waals surface area (Å²) < 4.78 is 0. The van der Waals surface area contributed by atoms with Crippen molar-refractivity contribution in [2.24, 2.45) is 0 Å². The zero-order valence-electron chi connectivity index (χ0n) is 18.2. The maximum absolute atomic E-state index is 13.2. The fourth-order valence-corrected chi connectivity index (χ4v) is 3.62. The van der Waals surface area contributed by atoms with Crippen LogP contribution in [0.4, 0.5) is 0 Å². The third-order valence-corrected chi connectivity index (χ3v) is 5.42. The van der Waals surface area contributed by atoms with Crippen molar-refractivity contribution in [3.63, 3.8) is 0 Å². The fourth-order valence-electron chi connectivity index (χ4n) is 3.62. The van der Waals surface area contributed by atoms with E-state index >= 15 is 0 Å². The molecule has 6 nitrogen and oxygen atoms in total. The van der Waals surface area contributed by atoms with E-state index in [2.05, 4.69) is 25.8 Å². The summed E-state index contributed by atoms with van der Waals surface area (Å²) in [4.78, 5) is 32.4. The van der Waals surface area contributed by atoms with E-state index < -0.39 is 23.5 Å². The molecule has 1 N–H and O–H groups in total. The molecule has 0 spiro atoms. The molecule has 1 aromatic carbocycles. The zero-order chi connectivity index (χ0) is 22.1. The molecule has 1 aliphatic heterocycles. The van der Waals surface area contributed by atoms with Gasteiger partial charge in [-0.1, -0.05) is 50.8 Å². The van der Waals surface area contributed by atoms with Gasteiger partial charge in [0.1, 0.15) is 0 Å². The molecule has 1 fully saturated rings. The van der Waals surface area contributed by atoms with Crippen LogP contribution in [0.15, 0.2) is 54.4 Å². The van der Waals surface area contributed by atoms with Gasteiger partial charge in [0.15, 0.2) is 0 Å². The van der Waals surface area contributed by atoms with Crippen molar-refractivity contribution >= 4 is 17.4 Å². The Morgan fingerprint density at radius 1 is 1.07 bits per heavy atom. The van der Waals surface area contributed by atoms with Gasteiger partial charge in [0.25, 0.3) is 5.91 Å². The van der Waals surface area contributed by atoms with Gasteiger partial charge in [-0.05, 0) is 34.2 Å². The summed E-state index contributed by atoms with van der Waals surface area (Å²) in [5.74, 6) is -1.74. The Morgan fingerprint density at radius 2 is 1.67 bits per heavy atom. The molecule has 6 heteroatoms. The molecule has 2 aromatic rings. The number of quaternary nitrogens is 1. The van der Waals surface area contributed by atoms with Gasteiger partial charge in [-0.3, -0.25) is 14.6 Å². The van der Waals surface area contributed by atoms with Crippen molar-refractivity contribution in [3.8, 4) is 0 Å². The lowest BCUT2D eigenvalue weighted by Crippen LogP contribution is -3.06. The number of ketones is 1. The minimum absolute atomic E-state index is 0.0171. The lowest BCUT2D eigenvalue weighted by molar-refractivity contribution is -0.857. The number of pyridine rings is 1. The SMILES string of the molecule is C[NH+](C)CCN1C(=O)C(=O)C(=C([O-])c2ccncc2)C1c1ccc(C(C)(C)C)cc1. The van der Waals surface area contributed by atoms with Crippen molar-refractivity contribution in [2.75, 3.05) is 27.2 Å². The van der Waals surface area contributed by atoms with Crippen molar-refractivity contribution in [1.29, 1.82) is 0 Å². The number of nitrogens with zero attached hydrogens (tertiary/aromatic N) is 2. The van der Waals surface area contributed by atoms with Crippen LogP contribution in [-0.2, 0) is 15.0 Å². The molecule has 158 valence electrons. The number of likely N-dealkylation sites (tertiary alicyclic amines) is 1. The van der Waals surface area contributed by atoms with E-state index in [4.69, 9.17) is 0 Å². The van der Waals surface area contributed by atoms with Crippen LogP contribution in [0.3, 0.4) is 0 Å². The lowest BCUT2D eigenvalue weighted by atomic mass is 9.85. The fraction of sp³-hybridized carbons (Fsp3) is 0.375. The third-order valence-electron chi connectivity index (χ3n) is 5.42. The minimum Gasteiger partial charge on any atom is -0.872 e. The number of amides is 1. The highest BCUT2D eigenvalue weighted by atomic mass is 16.3. The number of hydrogen-bond donors (Lipinski definition) is 1. The largest absolute Gasteiger partial charge is 0.872 e. The summed E-state index contributed by atoms with van der Waals surface area (Å²) >= 11 is 0. The van der Waals surface area contributed by atoms with E-state index in [0.29, 0.717) is 18.7 Å². The molecule has 1 aromatic heterocycles. The van der Waals surface area contributed by atoms with Gasteiger partial charge in [0, 0.05) is 18.0 Å². The second-order valence-corrected chi connectivity index (χ2v) is 9.04. The molecule has 0 radical (unpaired) electrons. The molecule has 0 saturated carbocycles. The summed E-state index contributed by atoms with van der Waals surface area (Å²) in [6.07, 6.45) is 3.02. The average Bonchev–Trinajstić information content (AvgIpc) is 2.96. The van der Waals surface area contributed by atoms with E-state index in [-0.39, 0.29) is 11.0 Å². The Morgan fingerprint density at radius 3 is 2.20 bits per heavy atom. The molecule has 0 aliphatic carbocycles. The number of Topliss-reactive ketones (excluding diaryl/α,β-unsaturated/α-hetero) is 1. The number of likely N-dealkylation sites (N-methyl/N-ethyl adjacent to an activating group) is 1. The van der Waals surface area contributed by atoms with Crippen LogP contribution in [-0.4, -0.2) is 48.8 Å². The van der Waals surface area contributed by atoms with Gasteiger partial charge in [-0.2, -0.15) is 0 Å². The maximum atomic E-state index is 13.2. The van der Waals surface area contributed by atoms with Crippen LogP contribution in [0, 0.1) is 0 Å². The van der Waals surface area contributed by atoms with Crippen LogP contribution in [0.1, 0.15) is 43.5 Å². The lowest BCUT2D eigenvalue weighted by Gasteiger charge is -2.28. The predicted molar refractivity (Wildman–Crippen MR) is 113 cm³/mol. The Balaban J connectivity index is 2.12. The number of benzene rings is 1. The molecule has 1 aliphatic rings. The van der Waals surface area contributed by atoms with E-state index in [0.717, 1.165) is 16.0 Å².